The van der Waals surface area contributed by atoms with Gasteiger partial charge in [-0.15, -0.1) is 0 Å². The molecule has 2 aromatic carbocycles. The largest absolute Gasteiger partial charge is 0.359 e. The van der Waals surface area contributed by atoms with Gasteiger partial charge in [0.2, 0.25) is 0 Å². The summed E-state index contributed by atoms with van der Waals surface area (Å²) in [7, 11) is 0. The Bertz CT molecular complexity index is 822. The number of fused-ring (bicyclic) bond motifs is 3. The fraction of sp³-hybridized carbons (Fsp3) is 0.118. The second-order valence-corrected chi connectivity index (χ2v) is 5.23. The van der Waals surface area contributed by atoms with Crippen molar-refractivity contribution < 1.29 is 4.39 Å². The zero-order valence-electron chi connectivity index (χ0n) is 11.5. The van der Waals surface area contributed by atoms with Crippen LogP contribution in [0.25, 0.3) is 11.3 Å². The Morgan fingerprint density at radius 3 is 2.71 bits per heavy atom. The summed E-state index contributed by atoms with van der Waals surface area (Å²) in [6, 6.07) is 16.9. The lowest BCUT2D eigenvalue weighted by atomic mass is 10.0. The molecular formula is C17H14FN3. The second-order valence-electron chi connectivity index (χ2n) is 5.23. The Hall–Kier alpha value is -2.62. The fourth-order valence-corrected chi connectivity index (χ4v) is 2.86. The maximum atomic E-state index is 14.2. The van der Waals surface area contributed by atoms with Crippen LogP contribution in [0.4, 0.5) is 10.1 Å². The zero-order valence-corrected chi connectivity index (χ0v) is 11.5. The van der Waals surface area contributed by atoms with Gasteiger partial charge in [-0.2, -0.15) is 5.10 Å². The first-order valence-electron chi connectivity index (χ1n) is 6.90. The maximum Gasteiger partial charge on any atom is 0.150 e. The van der Waals surface area contributed by atoms with Crippen molar-refractivity contribution in [1.29, 1.82) is 0 Å². The molecule has 104 valence electrons. The monoisotopic (exact) mass is 279 g/mol. The molecule has 3 aromatic rings. The Labute approximate surface area is 122 Å². The van der Waals surface area contributed by atoms with Crippen molar-refractivity contribution in [2.45, 2.75) is 13.1 Å². The van der Waals surface area contributed by atoms with Gasteiger partial charge in [-0.3, -0.25) is 0 Å². The van der Waals surface area contributed by atoms with E-state index in [-0.39, 0.29) is 12.0 Å². The van der Waals surface area contributed by atoms with Crippen LogP contribution in [0.5, 0.6) is 0 Å². The zero-order chi connectivity index (χ0) is 14.4. The van der Waals surface area contributed by atoms with Crippen molar-refractivity contribution in [3.63, 3.8) is 0 Å². The van der Waals surface area contributed by atoms with Gasteiger partial charge in [0.05, 0.1) is 11.4 Å². The van der Waals surface area contributed by atoms with Crippen LogP contribution in [0.15, 0.2) is 54.6 Å². The predicted molar refractivity (Wildman–Crippen MR) is 80.6 cm³/mol. The summed E-state index contributed by atoms with van der Waals surface area (Å²) < 4.78 is 16.0. The Morgan fingerprint density at radius 2 is 1.86 bits per heavy atom. The van der Waals surface area contributed by atoms with Gasteiger partial charge in [-0.1, -0.05) is 36.4 Å². The van der Waals surface area contributed by atoms with Crippen LogP contribution in [0, 0.1) is 12.7 Å². The summed E-state index contributed by atoms with van der Waals surface area (Å²) in [5.74, 6) is -0.228. The van der Waals surface area contributed by atoms with Crippen LogP contribution in [0.3, 0.4) is 0 Å². The summed E-state index contributed by atoms with van der Waals surface area (Å²) >= 11 is 0. The molecule has 0 saturated carbocycles. The average molecular weight is 279 g/mol. The van der Waals surface area contributed by atoms with E-state index in [1.807, 2.05) is 48.0 Å². The van der Waals surface area contributed by atoms with Crippen molar-refractivity contribution in [2.24, 2.45) is 0 Å². The van der Waals surface area contributed by atoms with E-state index in [2.05, 4.69) is 10.4 Å². The van der Waals surface area contributed by atoms with Crippen LogP contribution >= 0.6 is 0 Å². The number of aromatic nitrogens is 2. The van der Waals surface area contributed by atoms with Crippen LogP contribution in [-0.4, -0.2) is 9.78 Å². The van der Waals surface area contributed by atoms with Crippen molar-refractivity contribution in [3.8, 4) is 11.3 Å². The van der Waals surface area contributed by atoms with E-state index in [1.54, 1.807) is 12.1 Å². The first-order valence-corrected chi connectivity index (χ1v) is 6.90. The van der Waals surface area contributed by atoms with Gasteiger partial charge < -0.3 is 5.32 Å². The summed E-state index contributed by atoms with van der Waals surface area (Å²) in [4.78, 5) is 0. The van der Waals surface area contributed by atoms with E-state index < -0.39 is 0 Å². The number of para-hydroxylation sites is 1. The third kappa shape index (κ3) is 1.83. The second kappa shape index (κ2) is 4.45. The number of benzene rings is 2. The minimum atomic E-state index is -0.329. The molecule has 1 aliphatic heterocycles. The Balaban J connectivity index is 1.94. The topological polar surface area (TPSA) is 29.9 Å². The molecule has 1 atom stereocenters. The molecule has 3 nitrogen and oxygen atoms in total. The highest BCUT2D eigenvalue weighted by atomic mass is 19.1. The molecule has 21 heavy (non-hydrogen) atoms. The summed E-state index contributed by atoms with van der Waals surface area (Å²) in [5.41, 5.74) is 4.61. The molecule has 1 aliphatic rings. The van der Waals surface area contributed by atoms with Crippen LogP contribution < -0.4 is 5.32 Å². The van der Waals surface area contributed by atoms with Gasteiger partial charge in [-0.25, -0.2) is 9.07 Å². The molecule has 0 saturated heterocycles. The van der Waals surface area contributed by atoms with Gasteiger partial charge in [0.1, 0.15) is 12.0 Å². The quantitative estimate of drug-likeness (QED) is 0.730. The third-order valence-electron chi connectivity index (χ3n) is 3.80. The molecule has 0 bridgehead atoms. The number of hydrogen-bond donors (Lipinski definition) is 1. The molecule has 2 heterocycles. The summed E-state index contributed by atoms with van der Waals surface area (Å²) in [6.45, 7) is 1.95. The standard InChI is InChI=1S/C17H14FN3/c1-11-10-16-13-7-3-5-9-15(13)19-17(21(16)20-11)12-6-2-4-8-14(12)18/h2-10,17,19H,1H3/t17-/m1/s1. The SMILES string of the molecule is Cc1cc2n(n1)[C@H](c1ccccc1F)Nc1ccccc1-2. The number of halogens is 1. The van der Waals surface area contributed by atoms with Crippen molar-refractivity contribution in [3.05, 3.63) is 71.7 Å². The van der Waals surface area contributed by atoms with E-state index in [0.717, 1.165) is 22.6 Å². The molecule has 4 heteroatoms. The molecule has 0 amide bonds. The number of hydrogen-bond acceptors (Lipinski definition) is 2. The van der Waals surface area contributed by atoms with Crippen LogP contribution in [0.2, 0.25) is 0 Å². The van der Waals surface area contributed by atoms with Gasteiger partial charge in [0.25, 0.3) is 0 Å². The van der Waals surface area contributed by atoms with E-state index in [1.165, 1.54) is 6.07 Å². The Morgan fingerprint density at radius 1 is 1.10 bits per heavy atom. The van der Waals surface area contributed by atoms with Crippen molar-refractivity contribution in [2.75, 3.05) is 5.32 Å². The highest BCUT2D eigenvalue weighted by molar-refractivity contribution is 5.78. The predicted octanol–water partition coefficient (Wildman–Crippen LogP) is 3.97. The van der Waals surface area contributed by atoms with Gasteiger partial charge in [0, 0.05) is 16.8 Å². The third-order valence-corrected chi connectivity index (χ3v) is 3.80. The molecule has 1 aromatic heterocycles. The molecule has 0 spiro atoms. The molecule has 0 aliphatic carbocycles. The van der Waals surface area contributed by atoms with E-state index >= 15 is 0 Å². The minimum Gasteiger partial charge on any atom is -0.359 e. The first kappa shape index (κ1) is 12.1. The molecule has 1 N–H and O–H groups in total. The highest BCUT2D eigenvalue weighted by Gasteiger charge is 2.27. The van der Waals surface area contributed by atoms with Gasteiger partial charge in [-0.05, 0) is 25.1 Å². The fourth-order valence-electron chi connectivity index (χ4n) is 2.86. The van der Waals surface area contributed by atoms with E-state index in [0.29, 0.717) is 5.56 Å². The van der Waals surface area contributed by atoms with Crippen molar-refractivity contribution in [1.82, 2.24) is 9.78 Å². The van der Waals surface area contributed by atoms with Crippen LogP contribution in [0.1, 0.15) is 17.4 Å². The number of rotatable bonds is 1. The number of aryl methyl sites for hydroxylation is 1. The Kier molecular flexibility index (Phi) is 2.57. The molecular weight excluding hydrogens is 265 g/mol. The van der Waals surface area contributed by atoms with Crippen LogP contribution in [-0.2, 0) is 0 Å². The molecule has 0 unspecified atom stereocenters. The first-order chi connectivity index (χ1) is 10.2. The molecule has 0 radical (unpaired) electrons. The van der Waals surface area contributed by atoms with Gasteiger partial charge in [0.15, 0.2) is 0 Å². The molecule has 0 fully saturated rings. The maximum absolute atomic E-state index is 14.2. The summed E-state index contributed by atoms with van der Waals surface area (Å²) in [5, 5.41) is 7.92. The lowest BCUT2D eigenvalue weighted by Gasteiger charge is -2.29. The average Bonchev–Trinajstić information content (AvgIpc) is 2.89. The minimum absolute atomic E-state index is 0.228. The number of nitrogens with zero attached hydrogens (tertiary/aromatic N) is 2. The smallest absolute Gasteiger partial charge is 0.150 e. The lowest BCUT2D eigenvalue weighted by Crippen LogP contribution is -2.26. The lowest BCUT2D eigenvalue weighted by molar-refractivity contribution is 0.526. The highest BCUT2D eigenvalue weighted by Crippen LogP contribution is 2.38. The van der Waals surface area contributed by atoms with E-state index in [4.69, 9.17) is 0 Å². The normalized spacial score (nSPS) is 16.0. The van der Waals surface area contributed by atoms with E-state index in [9.17, 15) is 4.39 Å². The van der Waals surface area contributed by atoms with Gasteiger partial charge >= 0.3 is 0 Å². The van der Waals surface area contributed by atoms with Crippen molar-refractivity contribution >= 4 is 5.69 Å². The number of nitrogens with one attached hydrogen (secondary N) is 1. The molecule has 4 rings (SSSR count). The number of anilines is 1. The summed E-state index contributed by atoms with van der Waals surface area (Å²) in [6.07, 6.45) is -0.329.